The quantitative estimate of drug-likeness (QED) is 0.0953. The number of esters is 2. The number of Topliss-reactive ketones (excluding diaryl/α,β-unsaturated/α-hetero) is 1. The second-order valence-corrected chi connectivity index (χ2v) is 14.2. The molecule has 6 aromatic rings. The minimum absolute atomic E-state index is 0.159. The van der Waals surface area contributed by atoms with Gasteiger partial charge in [0.2, 0.25) is 5.78 Å². The first-order valence-electron chi connectivity index (χ1n) is 18.7. The predicted molar refractivity (Wildman–Crippen MR) is 231 cm³/mol. The summed E-state index contributed by atoms with van der Waals surface area (Å²) in [6, 6.07) is 41.4. The topological polar surface area (TPSA) is 155 Å². The maximum atomic E-state index is 11.3. The van der Waals surface area contributed by atoms with Gasteiger partial charge in [0.1, 0.15) is 23.7 Å². The molecule has 0 aliphatic heterocycles. The highest BCUT2D eigenvalue weighted by atomic mass is 79.9. The molecule has 58 heavy (non-hydrogen) atoms. The molecule has 11 heteroatoms. The Balaban J connectivity index is 0.000000217. The number of rotatable bonds is 11. The molecular formula is C47H51BrN4O6. The number of hydrogen-bond donors (Lipinski definition) is 2. The van der Waals surface area contributed by atoms with Crippen molar-refractivity contribution < 1.29 is 29.0 Å². The molecule has 0 saturated heterocycles. The molecule has 0 radical (unpaired) electrons. The van der Waals surface area contributed by atoms with Gasteiger partial charge in [0.05, 0.1) is 14.2 Å². The molecule has 0 bridgehead atoms. The standard InChI is InChI=1S/2C16H17NO2.C8H11N.C7H6BrNO2/c1-12(14-6-4-3-5-7-14)10-13-8-9-15(17-11-13)16(18)19-2;1-12(14-5-3-2-4-6-14)9-13-7-8-15(17-10-13)16(19)11-18;1-7(9)8-5-3-2-4-6-8;1-11-7(10)6-3-2-5(8)4-9-6/h3-9,11-12H,10H2,1-2H3;2-8,10,12,18H,9,11H2,1H3;2-7H,9H2,1H3;2-4H,1H3/t2*12-;7-;/m110./s1. The number of aliphatic hydroxyl groups is 1. The summed E-state index contributed by atoms with van der Waals surface area (Å²) < 4.78 is 9.92. The fraction of sp³-hybridized carbons (Fsp3) is 0.234. The molecule has 3 atom stereocenters. The Morgan fingerprint density at radius 2 is 0.948 bits per heavy atom. The summed E-state index contributed by atoms with van der Waals surface area (Å²) in [5.41, 5.74) is 12.6. The number of pyridine rings is 3. The Labute approximate surface area is 349 Å². The van der Waals surface area contributed by atoms with E-state index in [0.717, 1.165) is 28.4 Å². The van der Waals surface area contributed by atoms with Crippen molar-refractivity contribution >= 4 is 33.7 Å². The first kappa shape index (κ1) is 46.5. The summed E-state index contributed by atoms with van der Waals surface area (Å²) in [7, 11) is 2.68. The average molecular weight is 848 g/mol. The Morgan fingerprint density at radius 3 is 1.26 bits per heavy atom. The van der Waals surface area contributed by atoms with Crippen LogP contribution in [-0.4, -0.2) is 58.6 Å². The fourth-order valence-electron chi connectivity index (χ4n) is 5.43. The van der Waals surface area contributed by atoms with Crippen LogP contribution in [0.3, 0.4) is 0 Å². The zero-order chi connectivity index (χ0) is 42.3. The van der Waals surface area contributed by atoms with E-state index in [1.807, 2.05) is 85.8 Å². The Hall–Kier alpha value is -5.88. The number of hydrogen-bond acceptors (Lipinski definition) is 10. The third-order valence-electron chi connectivity index (χ3n) is 8.74. The molecule has 10 nitrogen and oxygen atoms in total. The van der Waals surface area contributed by atoms with E-state index in [1.54, 1.807) is 42.9 Å². The molecule has 0 aliphatic rings. The average Bonchev–Trinajstić information content (AvgIpc) is 3.28. The molecule has 0 spiro atoms. The first-order chi connectivity index (χ1) is 27.9. The van der Waals surface area contributed by atoms with Gasteiger partial charge in [0, 0.05) is 29.1 Å². The summed E-state index contributed by atoms with van der Waals surface area (Å²) in [4.78, 5) is 45.4. The highest BCUT2D eigenvalue weighted by molar-refractivity contribution is 9.10. The van der Waals surface area contributed by atoms with Gasteiger partial charge >= 0.3 is 11.9 Å². The predicted octanol–water partition coefficient (Wildman–Crippen LogP) is 9.15. The Morgan fingerprint density at radius 1 is 0.569 bits per heavy atom. The third-order valence-corrected chi connectivity index (χ3v) is 9.21. The maximum absolute atomic E-state index is 11.3. The van der Waals surface area contributed by atoms with E-state index in [-0.39, 0.29) is 11.8 Å². The molecule has 3 aromatic carbocycles. The molecule has 3 N–H and O–H groups in total. The van der Waals surface area contributed by atoms with Crippen molar-refractivity contribution in [3.8, 4) is 0 Å². The highest BCUT2D eigenvalue weighted by Gasteiger charge is 2.11. The van der Waals surface area contributed by atoms with Gasteiger partial charge in [-0.2, -0.15) is 0 Å². The van der Waals surface area contributed by atoms with Gasteiger partial charge in [-0.15, -0.1) is 0 Å². The van der Waals surface area contributed by atoms with Crippen LogP contribution in [-0.2, 0) is 22.3 Å². The van der Waals surface area contributed by atoms with Crippen LogP contribution < -0.4 is 5.73 Å². The van der Waals surface area contributed by atoms with Gasteiger partial charge < -0.3 is 20.3 Å². The van der Waals surface area contributed by atoms with Gasteiger partial charge in [-0.05, 0) is 99.6 Å². The Kier molecular flexibility index (Phi) is 20.4. The maximum Gasteiger partial charge on any atom is 0.356 e. The molecule has 0 amide bonds. The van der Waals surface area contributed by atoms with Crippen LogP contribution in [0.25, 0.3) is 0 Å². The zero-order valence-electron chi connectivity index (χ0n) is 33.5. The molecule has 0 aliphatic carbocycles. The van der Waals surface area contributed by atoms with Crippen LogP contribution in [0.2, 0.25) is 0 Å². The molecule has 0 unspecified atom stereocenters. The lowest BCUT2D eigenvalue weighted by molar-refractivity contribution is 0.0585. The smallest absolute Gasteiger partial charge is 0.356 e. The van der Waals surface area contributed by atoms with Crippen molar-refractivity contribution in [2.45, 2.75) is 51.5 Å². The molecule has 0 fully saturated rings. The van der Waals surface area contributed by atoms with Crippen molar-refractivity contribution in [1.82, 2.24) is 15.0 Å². The van der Waals surface area contributed by atoms with Crippen molar-refractivity contribution in [2.24, 2.45) is 5.73 Å². The van der Waals surface area contributed by atoms with Crippen LogP contribution >= 0.6 is 15.9 Å². The molecule has 302 valence electrons. The van der Waals surface area contributed by atoms with Crippen LogP contribution in [0.4, 0.5) is 0 Å². The van der Waals surface area contributed by atoms with E-state index in [0.29, 0.717) is 28.9 Å². The number of ketones is 1. The number of benzene rings is 3. The SMILES string of the molecule is COC(=O)c1ccc(Br)cn1.COC(=O)c1ccc(C[C@@H](C)c2ccccc2)cn1.C[C@H](Cc1ccc(C(=O)CO)nc1)c1ccccc1.C[C@H](N)c1ccccc1. The van der Waals surface area contributed by atoms with Crippen LogP contribution in [0.1, 0.15) is 97.9 Å². The molecule has 3 aromatic heterocycles. The molecular weight excluding hydrogens is 796 g/mol. The van der Waals surface area contributed by atoms with E-state index in [1.165, 1.54) is 30.9 Å². The van der Waals surface area contributed by atoms with E-state index in [4.69, 9.17) is 10.8 Å². The molecule has 0 saturated carbocycles. The van der Waals surface area contributed by atoms with Crippen LogP contribution in [0.15, 0.2) is 150 Å². The van der Waals surface area contributed by atoms with Gasteiger partial charge in [0.15, 0.2) is 0 Å². The lowest BCUT2D eigenvalue weighted by Gasteiger charge is -2.11. The van der Waals surface area contributed by atoms with Crippen LogP contribution in [0.5, 0.6) is 0 Å². The van der Waals surface area contributed by atoms with E-state index in [9.17, 15) is 14.4 Å². The van der Waals surface area contributed by atoms with E-state index >= 15 is 0 Å². The van der Waals surface area contributed by atoms with Gasteiger partial charge in [-0.25, -0.2) is 19.6 Å². The first-order valence-corrected chi connectivity index (χ1v) is 19.5. The number of ether oxygens (including phenoxy) is 2. The van der Waals surface area contributed by atoms with E-state index in [2.05, 4.69) is 78.5 Å². The third kappa shape index (κ3) is 16.3. The fourth-order valence-corrected chi connectivity index (χ4v) is 5.66. The number of nitrogens with two attached hydrogens (primary N) is 1. The second kappa shape index (κ2) is 25.4. The number of nitrogens with zero attached hydrogens (tertiary/aromatic N) is 3. The van der Waals surface area contributed by atoms with Gasteiger partial charge in [0.25, 0.3) is 0 Å². The lowest BCUT2D eigenvalue weighted by Crippen LogP contribution is -2.07. The molecule has 3 heterocycles. The van der Waals surface area contributed by atoms with Crippen molar-refractivity contribution in [3.05, 3.63) is 195 Å². The normalized spacial score (nSPS) is 11.7. The number of carbonyl (C=O) groups excluding carboxylic acids is 3. The minimum Gasteiger partial charge on any atom is -0.464 e. The summed E-state index contributed by atoms with van der Waals surface area (Å²) in [5, 5.41) is 8.76. The Bertz CT molecular complexity index is 1980. The second-order valence-electron chi connectivity index (χ2n) is 13.3. The summed E-state index contributed by atoms with van der Waals surface area (Å²) >= 11 is 3.20. The largest absolute Gasteiger partial charge is 0.464 e. The number of carbonyl (C=O) groups is 3. The monoisotopic (exact) mass is 846 g/mol. The lowest BCUT2D eigenvalue weighted by atomic mass is 9.94. The number of aliphatic hydroxyl groups excluding tert-OH is 1. The minimum atomic E-state index is -0.493. The van der Waals surface area contributed by atoms with Crippen molar-refractivity contribution in [1.29, 1.82) is 0 Å². The summed E-state index contributed by atoms with van der Waals surface area (Å²) in [5.74, 6) is -0.336. The highest BCUT2D eigenvalue weighted by Crippen LogP contribution is 2.21. The summed E-state index contributed by atoms with van der Waals surface area (Å²) in [6.45, 7) is 5.84. The zero-order valence-corrected chi connectivity index (χ0v) is 35.1. The number of aromatic nitrogens is 3. The number of halogens is 1. The van der Waals surface area contributed by atoms with E-state index < -0.39 is 18.5 Å². The summed E-state index contributed by atoms with van der Waals surface area (Å²) in [6.07, 6.45) is 6.78. The van der Waals surface area contributed by atoms with Crippen molar-refractivity contribution in [2.75, 3.05) is 20.8 Å². The number of methoxy groups -OCH3 is 2. The van der Waals surface area contributed by atoms with Crippen LogP contribution in [0, 0.1) is 0 Å². The van der Waals surface area contributed by atoms with Gasteiger partial charge in [-0.3, -0.25) is 9.78 Å². The molecule has 6 rings (SSSR count). The van der Waals surface area contributed by atoms with Crippen molar-refractivity contribution in [3.63, 3.8) is 0 Å². The van der Waals surface area contributed by atoms with Gasteiger partial charge in [-0.1, -0.05) is 117 Å².